The maximum absolute atomic E-state index is 8.57. The van der Waals surface area contributed by atoms with Crippen molar-refractivity contribution in [1.82, 2.24) is 9.97 Å². The zero-order valence-corrected chi connectivity index (χ0v) is 14.1. The normalized spacial score (nSPS) is 10.6. The van der Waals surface area contributed by atoms with Gasteiger partial charge in [-0.05, 0) is 43.2 Å². The van der Waals surface area contributed by atoms with Gasteiger partial charge in [-0.1, -0.05) is 28.1 Å². The van der Waals surface area contributed by atoms with Crippen LogP contribution in [0.1, 0.15) is 19.3 Å². The molecule has 0 unspecified atom stereocenters. The van der Waals surface area contributed by atoms with Crippen molar-refractivity contribution in [2.75, 3.05) is 6.61 Å². The maximum atomic E-state index is 8.57. The van der Waals surface area contributed by atoms with Gasteiger partial charge < -0.3 is 9.72 Å². The maximum Gasteiger partial charge on any atom is 0.142 e. The summed E-state index contributed by atoms with van der Waals surface area (Å²) >= 11 is 3.51. The van der Waals surface area contributed by atoms with Gasteiger partial charge in [0.05, 0.1) is 29.3 Å². The molecule has 5 heteroatoms. The Balaban J connectivity index is 1.85. The molecule has 1 N–H and O–H groups in total. The predicted molar refractivity (Wildman–Crippen MR) is 94.2 cm³/mol. The van der Waals surface area contributed by atoms with E-state index in [2.05, 4.69) is 32.0 Å². The summed E-state index contributed by atoms with van der Waals surface area (Å²) in [6, 6.07) is 16.0. The van der Waals surface area contributed by atoms with Crippen molar-refractivity contribution in [3.63, 3.8) is 0 Å². The molecule has 1 heterocycles. The molecule has 0 aliphatic heterocycles. The third-order valence-electron chi connectivity index (χ3n) is 3.53. The molecule has 1 aromatic heterocycles. The summed E-state index contributed by atoms with van der Waals surface area (Å²) in [6.07, 6.45) is 2.29. The molecule has 116 valence electrons. The average molecular weight is 370 g/mol. The smallest absolute Gasteiger partial charge is 0.142 e. The SMILES string of the molecule is N#CCCCCOc1ccc(Br)cc1-c1nc2ccccc2[nH]1. The van der Waals surface area contributed by atoms with E-state index in [9.17, 15) is 0 Å². The zero-order chi connectivity index (χ0) is 16.1. The molecule has 23 heavy (non-hydrogen) atoms. The summed E-state index contributed by atoms with van der Waals surface area (Å²) in [5, 5.41) is 8.57. The number of nitriles is 1. The number of nitrogens with zero attached hydrogens (tertiary/aromatic N) is 2. The molecule has 0 atom stereocenters. The lowest BCUT2D eigenvalue weighted by Gasteiger charge is -2.10. The summed E-state index contributed by atoms with van der Waals surface area (Å²) in [4.78, 5) is 7.98. The molecule has 0 aliphatic carbocycles. The molecule has 4 nitrogen and oxygen atoms in total. The van der Waals surface area contributed by atoms with Gasteiger partial charge in [0.25, 0.3) is 0 Å². The van der Waals surface area contributed by atoms with Crippen molar-refractivity contribution in [2.24, 2.45) is 0 Å². The number of halogens is 1. The minimum atomic E-state index is 0.570. The number of unbranched alkanes of at least 4 members (excludes halogenated alkanes) is 2. The summed E-state index contributed by atoms with van der Waals surface area (Å²) in [5.41, 5.74) is 2.86. The van der Waals surface area contributed by atoms with Crippen LogP contribution in [0.3, 0.4) is 0 Å². The lowest BCUT2D eigenvalue weighted by atomic mass is 10.2. The van der Waals surface area contributed by atoms with Crippen LogP contribution in [-0.4, -0.2) is 16.6 Å². The molecule has 0 saturated carbocycles. The Morgan fingerprint density at radius 2 is 2.04 bits per heavy atom. The molecule has 0 spiro atoms. The van der Waals surface area contributed by atoms with E-state index in [0.717, 1.165) is 45.5 Å². The number of imidazole rings is 1. The van der Waals surface area contributed by atoms with Crippen LogP contribution in [0, 0.1) is 11.3 Å². The molecule has 3 aromatic rings. The number of aromatic nitrogens is 2. The lowest BCUT2D eigenvalue weighted by molar-refractivity contribution is 0.308. The first-order valence-electron chi connectivity index (χ1n) is 7.52. The number of ether oxygens (including phenoxy) is 1. The molecule has 0 amide bonds. The van der Waals surface area contributed by atoms with Gasteiger partial charge in [-0.3, -0.25) is 0 Å². The molecule has 3 rings (SSSR count). The van der Waals surface area contributed by atoms with E-state index in [4.69, 9.17) is 10.00 Å². The number of rotatable bonds is 6. The van der Waals surface area contributed by atoms with E-state index in [1.54, 1.807) is 0 Å². The second-order valence-electron chi connectivity index (χ2n) is 5.21. The second-order valence-corrected chi connectivity index (χ2v) is 6.12. The monoisotopic (exact) mass is 369 g/mol. The van der Waals surface area contributed by atoms with Gasteiger partial charge >= 0.3 is 0 Å². The fraction of sp³-hybridized carbons (Fsp3) is 0.222. The number of aromatic amines is 1. The van der Waals surface area contributed by atoms with Crippen molar-refractivity contribution in [2.45, 2.75) is 19.3 Å². The molecular formula is C18H16BrN3O. The Hall–Kier alpha value is -2.32. The van der Waals surface area contributed by atoms with Crippen molar-refractivity contribution < 1.29 is 4.74 Å². The summed E-state index contributed by atoms with van der Waals surface area (Å²) in [6.45, 7) is 0.594. The Labute approximate surface area is 143 Å². The highest BCUT2D eigenvalue weighted by Crippen LogP contribution is 2.32. The van der Waals surface area contributed by atoms with Gasteiger partial charge in [0.2, 0.25) is 0 Å². The van der Waals surface area contributed by atoms with Crippen LogP contribution in [0.5, 0.6) is 5.75 Å². The molecule has 0 saturated heterocycles. The highest BCUT2D eigenvalue weighted by atomic mass is 79.9. The van der Waals surface area contributed by atoms with Gasteiger partial charge in [0, 0.05) is 10.9 Å². The molecule has 2 aromatic carbocycles. The highest BCUT2D eigenvalue weighted by molar-refractivity contribution is 9.10. The van der Waals surface area contributed by atoms with E-state index in [-0.39, 0.29) is 0 Å². The van der Waals surface area contributed by atoms with Gasteiger partial charge in [-0.15, -0.1) is 0 Å². The largest absolute Gasteiger partial charge is 0.493 e. The van der Waals surface area contributed by atoms with E-state index in [1.165, 1.54) is 0 Å². The predicted octanol–water partition coefficient (Wildman–Crippen LogP) is 5.07. The van der Waals surface area contributed by atoms with E-state index >= 15 is 0 Å². The first kappa shape index (κ1) is 15.6. The van der Waals surface area contributed by atoms with Crippen LogP contribution < -0.4 is 4.74 Å². The van der Waals surface area contributed by atoms with Crippen LogP contribution >= 0.6 is 15.9 Å². The second kappa shape index (κ2) is 7.30. The number of fused-ring (bicyclic) bond motifs is 1. The summed E-state index contributed by atoms with van der Waals surface area (Å²) < 4.78 is 6.88. The van der Waals surface area contributed by atoms with Crippen LogP contribution in [0.25, 0.3) is 22.4 Å². The molecule has 0 bridgehead atoms. The Morgan fingerprint density at radius 1 is 1.17 bits per heavy atom. The standard InChI is InChI=1S/C18H16BrN3O/c19-13-8-9-17(23-11-5-1-4-10-20)14(12-13)18-21-15-6-2-3-7-16(15)22-18/h2-3,6-9,12H,1,4-5,11H2,(H,21,22). The van der Waals surface area contributed by atoms with Gasteiger partial charge in [0.15, 0.2) is 0 Å². The number of nitrogens with one attached hydrogen (secondary N) is 1. The van der Waals surface area contributed by atoms with Crippen LogP contribution in [0.4, 0.5) is 0 Å². The number of benzene rings is 2. The van der Waals surface area contributed by atoms with Crippen LogP contribution in [0.2, 0.25) is 0 Å². The topological polar surface area (TPSA) is 61.7 Å². The van der Waals surface area contributed by atoms with Crippen LogP contribution in [0.15, 0.2) is 46.9 Å². The number of para-hydroxylation sites is 2. The lowest BCUT2D eigenvalue weighted by Crippen LogP contribution is -1.99. The molecule has 0 fully saturated rings. The fourth-order valence-corrected chi connectivity index (χ4v) is 2.74. The fourth-order valence-electron chi connectivity index (χ4n) is 2.38. The zero-order valence-electron chi connectivity index (χ0n) is 12.6. The third kappa shape index (κ3) is 3.72. The first-order valence-corrected chi connectivity index (χ1v) is 8.31. The molecule has 0 radical (unpaired) electrons. The quantitative estimate of drug-likeness (QED) is 0.617. The van der Waals surface area contributed by atoms with E-state index < -0.39 is 0 Å². The van der Waals surface area contributed by atoms with Crippen molar-refractivity contribution in [1.29, 1.82) is 5.26 Å². The minimum absolute atomic E-state index is 0.570. The highest BCUT2D eigenvalue weighted by Gasteiger charge is 2.11. The summed E-state index contributed by atoms with van der Waals surface area (Å²) in [7, 11) is 0. The van der Waals surface area contributed by atoms with Gasteiger partial charge in [-0.2, -0.15) is 5.26 Å². The van der Waals surface area contributed by atoms with Crippen LogP contribution in [-0.2, 0) is 0 Å². The minimum Gasteiger partial charge on any atom is -0.493 e. The molecule has 0 aliphatic rings. The number of H-pyrrole nitrogens is 1. The van der Waals surface area contributed by atoms with Gasteiger partial charge in [0.1, 0.15) is 11.6 Å². The third-order valence-corrected chi connectivity index (χ3v) is 4.02. The molecular weight excluding hydrogens is 354 g/mol. The number of hydrogen-bond donors (Lipinski definition) is 1. The summed E-state index contributed by atoms with van der Waals surface area (Å²) in [5.74, 6) is 1.59. The van der Waals surface area contributed by atoms with E-state index in [0.29, 0.717) is 13.0 Å². The van der Waals surface area contributed by atoms with Gasteiger partial charge in [-0.25, -0.2) is 4.98 Å². The van der Waals surface area contributed by atoms with Crippen molar-refractivity contribution in [3.05, 3.63) is 46.9 Å². The van der Waals surface area contributed by atoms with Crippen molar-refractivity contribution >= 4 is 27.0 Å². The van der Waals surface area contributed by atoms with E-state index in [1.807, 2.05) is 42.5 Å². The Bertz CT molecular complexity index is 818. The van der Waals surface area contributed by atoms with Crippen molar-refractivity contribution in [3.8, 4) is 23.2 Å². The first-order chi connectivity index (χ1) is 11.3. The Kier molecular flexibility index (Phi) is 4.94. The number of hydrogen-bond acceptors (Lipinski definition) is 3. The average Bonchev–Trinajstić information content (AvgIpc) is 2.99. The Morgan fingerprint density at radius 3 is 2.87 bits per heavy atom.